The largest absolute Gasteiger partial charge is 0.293 e. The molecule has 0 aliphatic heterocycles. The molecule has 0 saturated carbocycles. The van der Waals surface area contributed by atoms with Crippen molar-refractivity contribution in [1.29, 1.82) is 0 Å². The summed E-state index contributed by atoms with van der Waals surface area (Å²) >= 11 is 6.04. The number of benzene rings is 1. The van der Waals surface area contributed by atoms with Gasteiger partial charge >= 0.3 is 0 Å². The van der Waals surface area contributed by atoms with Crippen LogP contribution in [0.15, 0.2) is 30.3 Å². The van der Waals surface area contributed by atoms with Crippen LogP contribution >= 0.6 is 31.9 Å². The second-order valence-electron chi connectivity index (χ2n) is 1.92. The molecule has 0 fully saturated rings. The van der Waals surface area contributed by atoms with Crippen molar-refractivity contribution in [1.82, 2.24) is 0 Å². The maximum atomic E-state index is 11.0. The molecule has 0 heterocycles. The first-order valence-electron chi connectivity index (χ1n) is 4.36. The first-order chi connectivity index (χ1) is 6.84. The molecule has 14 heavy (non-hydrogen) atoms. The number of Topliss-reactive ketones (excluding diaryl/α,β-unsaturated/α-hetero) is 1. The van der Waals surface area contributed by atoms with E-state index < -0.39 is 0 Å². The first-order valence-corrected chi connectivity index (χ1v) is 7.07. The minimum absolute atomic E-state index is 0.126. The molecule has 1 rings (SSSR count). The Morgan fingerprint density at radius 1 is 1.14 bits per heavy atom. The second-order valence-corrected chi connectivity index (χ2v) is 2.48. The summed E-state index contributed by atoms with van der Waals surface area (Å²) in [6.07, 6.45) is 0. The highest BCUT2D eigenvalue weighted by atomic mass is 79.9. The van der Waals surface area contributed by atoms with Crippen LogP contribution in [0.4, 0.5) is 0 Å². The molecule has 0 saturated heterocycles. The van der Waals surface area contributed by atoms with Crippen molar-refractivity contribution in [3.05, 3.63) is 35.9 Å². The van der Waals surface area contributed by atoms with Gasteiger partial charge in [0.15, 0.2) is 5.78 Å². The van der Waals surface area contributed by atoms with Crippen molar-refractivity contribution in [3.8, 4) is 0 Å². The zero-order valence-electron chi connectivity index (χ0n) is 8.76. The molecule has 1 aromatic rings. The highest BCUT2D eigenvalue weighted by molar-refractivity contribution is 9.09. The molecule has 80 valence electrons. The summed E-state index contributed by atoms with van der Waals surface area (Å²) in [7, 11) is 0. The summed E-state index contributed by atoms with van der Waals surface area (Å²) < 4.78 is 0. The van der Waals surface area contributed by atoms with E-state index in [1.807, 2.05) is 50.0 Å². The number of carbonyl (C=O) groups excluding carboxylic acids is 1. The molecule has 0 aliphatic carbocycles. The molecular weight excluding hydrogens is 308 g/mol. The van der Waals surface area contributed by atoms with Crippen molar-refractivity contribution in [2.45, 2.75) is 13.8 Å². The van der Waals surface area contributed by atoms with Crippen molar-refractivity contribution >= 4 is 37.6 Å². The number of ketones is 1. The molecule has 0 radical (unpaired) electrons. The van der Waals surface area contributed by atoms with E-state index in [1.165, 1.54) is 0 Å². The number of hydrogen-bond donors (Lipinski definition) is 0. The topological polar surface area (TPSA) is 17.1 Å². The molecule has 0 atom stereocenters. The third-order valence-electron chi connectivity index (χ3n) is 1.22. The normalized spacial score (nSPS) is 7.50. The van der Waals surface area contributed by atoms with Gasteiger partial charge in [0.2, 0.25) is 0 Å². The zero-order chi connectivity index (χ0) is 11.4. The van der Waals surface area contributed by atoms with Crippen LogP contribution in [0.2, 0.25) is 0 Å². The Balaban J connectivity index is 0. The third kappa shape index (κ3) is 7.27. The van der Waals surface area contributed by atoms with Crippen molar-refractivity contribution < 1.29 is 4.79 Å². The Morgan fingerprint density at radius 2 is 1.57 bits per heavy atom. The molecule has 1 nitrogen and oxygen atoms in total. The predicted octanol–water partition coefficient (Wildman–Crippen LogP) is 4.30. The Bertz CT molecular complexity index is 222. The third-order valence-corrected chi connectivity index (χ3v) is 1.73. The van der Waals surface area contributed by atoms with Crippen LogP contribution in [0.25, 0.3) is 0 Å². The van der Waals surface area contributed by atoms with E-state index in [9.17, 15) is 4.79 Å². The smallest absolute Gasteiger partial charge is 0.173 e. The van der Waals surface area contributed by atoms with Gasteiger partial charge in [-0.05, 0) is 5.83 Å². The van der Waals surface area contributed by atoms with Crippen LogP contribution in [0.1, 0.15) is 24.2 Å². The van der Waals surface area contributed by atoms with Crippen LogP contribution in [-0.2, 0) is 0 Å². The van der Waals surface area contributed by atoms with Gasteiger partial charge in [-0.2, -0.15) is 0 Å². The Hall–Kier alpha value is -0.150. The van der Waals surface area contributed by atoms with Crippen LogP contribution in [-0.4, -0.2) is 16.9 Å². The van der Waals surface area contributed by atoms with E-state index in [2.05, 4.69) is 31.9 Å². The fourth-order valence-corrected chi connectivity index (χ4v) is 1.02. The van der Waals surface area contributed by atoms with Gasteiger partial charge in [-0.3, -0.25) is 4.79 Å². The van der Waals surface area contributed by atoms with Crippen LogP contribution in [0.5, 0.6) is 0 Å². The second kappa shape index (κ2) is 12.8. The standard InChI is InChI=1S/C8H7BrO.C2H6.CH3Br/c9-6-8(10)7-4-2-1-3-5-7;2*1-2/h1-5H,6H2;1-2H3;1H3. The quantitative estimate of drug-likeness (QED) is 0.585. The number of halogens is 2. The molecule has 0 N–H and O–H groups in total. The van der Waals surface area contributed by atoms with E-state index in [0.717, 1.165) is 5.56 Å². The summed E-state index contributed by atoms with van der Waals surface area (Å²) in [5.41, 5.74) is 0.763. The Morgan fingerprint density at radius 3 is 1.93 bits per heavy atom. The van der Waals surface area contributed by atoms with Gasteiger partial charge in [0, 0.05) is 5.56 Å². The summed E-state index contributed by atoms with van der Waals surface area (Å²) in [6, 6.07) is 9.23. The molecule has 0 spiro atoms. The summed E-state index contributed by atoms with van der Waals surface area (Å²) in [5, 5.41) is 0.400. The van der Waals surface area contributed by atoms with E-state index in [1.54, 1.807) is 0 Å². The fourth-order valence-electron chi connectivity index (χ4n) is 0.701. The lowest BCUT2D eigenvalue weighted by Crippen LogP contribution is -1.98. The molecule has 1 aromatic carbocycles. The molecule has 0 aliphatic rings. The Labute approximate surface area is 103 Å². The van der Waals surface area contributed by atoms with Crippen LogP contribution in [0.3, 0.4) is 0 Å². The van der Waals surface area contributed by atoms with Crippen LogP contribution in [0, 0.1) is 0 Å². The first kappa shape index (κ1) is 16.3. The molecule has 0 unspecified atom stereocenters. The highest BCUT2D eigenvalue weighted by Crippen LogP contribution is 2.01. The van der Waals surface area contributed by atoms with Crippen molar-refractivity contribution in [3.63, 3.8) is 0 Å². The maximum absolute atomic E-state index is 11.0. The molecule has 0 aromatic heterocycles. The van der Waals surface area contributed by atoms with Crippen LogP contribution < -0.4 is 0 Å². The fraction of sp³-hybridized carbons (Fsp3) is 0.364. The van der Waals surface area contributed by atoms with Gasteiger partial charge in [0.05, 0.1) is 5.33 Å². The summed E-state index contributed by atoms with van der Waals surface area (Å²) in [4.78, 5) is 11.0. The number of rotatable bonds is 2. The number of hydrogen-bond acceptors (Lipinski definition) is 1. The van der Waals surface area contributed by atoms with E-state index >= 15 is 0 Å². The summed E-state index contributed by atoms with van der Waals surface area (Å²) in [5.74, 6) is 1.94. The maximum Gasteiger partial charge on any atom is 0.173 e. The lowest BCUT2D eigenvalue weighted by atomic mass is 10.2. The van der Waals surface area contributed by atoms with Gasteiger partial charge in [0.1, 0.15) is 0 Å². The highest BCUT2D eigenvalue weighted by Gasteiger charge is 1.99. The van der Waals surface area contributed by atoms with Gasteiger partial charge < -0.3 is 0 Å². The summed E-state index contributed by atoms with van der Waals surface area (Å²) in [6.45, 7) is 4.00. The van der Waals surface area contributed by atoms with Gasteiger partial charge in [-0.25, -0.2) is 0 Å². The van der Waals surface area contributed by atoms with Crippen molar-refractivity contribution in [2.75, 3.05) is 11.2 Å². The van der Waals surface area contributed by atoms with Gasteiger partial charge in [-0.1, -0.05) is 76.0 Å². The predicted molar refractivity (Wildman–Crippen MR) is 70.8 cm³/mol. The monoisotopic (exact) mass is 322 g/mol. The lowest BCUT2D eigenvalue weighted by Gasteiger charge is -1.92. The molecule has 0 amide bonds. The van der Waals surface area contributed by atoms with E-state index in [-0.39, 0.29) is 5.78 Å². The lowest BCUT2D eigenvalue weighted by molar-refractivity contribution is 0.102. The SMILES string of the molecule is CBr.CC.O=C(CBr)c1ccccc1. The minimum atomic E-state index is 0.126. The number of carbonyl (C=O) groups is 1. The Kier molecular flexibility index (Phi) is 14.9. The number of alkyl halides is 2. The van der Waals surface area contributed by atoms with Crippen molar-refractivity contribution in [2.24, 2.45) is 0 Å². The van der Waals surface area contributed by atoms with Gasteiger partial charge in [0.25, 0.3) is 0 Å². The molecule has 3 heteroatoms. The van der Waals surface area contributed by atoms with Gasteiger partial charge in [-0.15, -0.1) is 0 Å². The molecular formula is C11H16Br2O. The zero-order valence-corrected chi connectivity index (χ0v) is 11.9. The average molecular weight is 324 g/mol. The van der Waals surface area contributed by atoms with E-state index in [0.29, 0.717) is 5.33 Å². The minimum Gasteiger partial charge on any atom is -0.293 e. The van der Waals surface area contributed by atoms with E-state index in [4.69, 9.17) is 0 Å². The average Bonchev–Trinajstić information content (AvgIpc) is 2.34. The molecule has 0 bridgehead atoms.